The number of aliphatic hydroxyl groups is 1. The van der Waals surface area contributed by atoms with Gasteiger partial charge in [-0.1, -0.05) is 6.07 Å². The van der Waals surface area contributed by atoms with Gasteiger partial charge < -0.3 is 20.9 Å². The zero-order chi connectivity index (χ0) is 14.4. The van der Waals surface area contributed by atoms with Gasteiger partial charge in [-0.25, -0.2) is 8.78 Å². The molecule has 1 unspecified atom stereocenters. The van der Waals surface area contributed by atoms with E-state index in [4.69, 9.17) is 15.6 Å². The highest BCUT2D eigenvalue weighted by atomic mass is 19.3. The number of carbonyl (C=O) groups excluding carboxylic acids is 1. The number of nitrogen functional groups attached to an aromatic ring is 1. The Labute approximate surface area is 109 Å². The van der Waals surface area contributed by atoms with E-state index < -0.39 is 25.0 Å². The van der Waals surface area contributed by atoms with E-state index in [1.165, 1.54) is 6.07 Å². The van der Waals surface area contributed by atoms with E-state index in [0.29, 0.717) is 6.61 Å². The van der Waals surface area contributed by atoms with Crippen molar-refractivity contribution >= 4 is 11.6 Å². The molecule has 1 aromatic rings. The molecule has 0 aliphatic rings. The summed E-state index contributed by atoms with van der Waals surface area (Å²) in [5.41, 5.74) is 6.10. The quantitative estimate of drug-likeness (QED) is 0.676. The van der Waals surface area contributed by atoms with Crippen LogP contribution in [0.2, 0.25) is 0 Å². The lowest BCUT2D eigenvalue weighted by Crippen LogP contribution is -2.36. The fourth-order valence-electron chi connectivity index (χ4n) is 1.42. The van der Waals surface area contributed by atoms with Crippen molar-refractivity contribution in [3.8, 4) is 5.75 Å². The molecular formula is C12H16F2N2O3. The van der Waals surface area contributed by atoms with Crippen LogP contribution >= 0.6 is 0 Å². The molecule has 106 valence electrons. The van der Waals surface area contributed by atoms with Gasteiger partial charge >= 0.3 is 0 Å². The Morgan fingerprint density at radius 1 is 1.53 bits per heavy atom. The maximum absolute atomic E-state index is 12.1. The number of amides is 1. The van der Waals surface area contributed by atoms with Gasteiger partial charge in [-0.05, 0) is 19.1 Å². The largest absolute Gasteiger partial charge is 0.491 e. The van der Waals surface area contributed by atoms with Crippen LogP contribution in [0.25, 0.3) is 0 Å². The molecule has 0 saturated carbocycles. The van der Waals surface area contributed by atoms with Crippen LogP contribution in [-0.2, 0) is 0 Å². The molecule has 7 heteroatoms. The van der Waals surface area contributed by atoms with Gasteiger partial charge in [0.15, 0.2) is 5.75 Å². The van der Waals surface area contributed by atoms with E-state index in [1.54, 1.807) is 19.1 Å². The summed E-state index contributed by atoms with van der Waals surface area (Å²) in [6.07, 6.45) is -4.81. The molecule has 1 aromatic carbocycles. The van der Waals surface area contributed by atoms with Crippen molar-refractivity contribution in [2.24, 2.45) is 0 Å². The molecule has 19 heavy (non-hydrogen) atoms. The number of alkyl halides is 2. The second-order valence-electron chi connectivity index (χ2n) is 3.77. The minimum atomic E-state index is -2.91. The summed E-state index contributed by atoms with van der Waals surface area (Å²) >= 11 is 0. The third-order valence-electron chi connectivity index (χ3n) is 2.34. The van der Waals surface area contributed by atoms with Crippen LogP contribution in [0.1, 0.15) is 17.3 Å². The molecule has 1 rings (SSSR count). The first-order valence-corrected chi connectivity index (χ1v) is 5.73. The SMILES string of the molecule is CCOc1c(N)cccc1C(=O)NCC(O)C(F)F. The molecule has 0 fully saturated rings. The van der Waals surface area contributed by atoms with Crippen molar-refractivity contribution in [3.05, 3.63) is 23.8 Å². The monoisotopic (exact) mass is 274 g/mol. The summed E-state index contributed by atoms with van der Waals surface area (Å²) in [6.45, 7) is 1.50. The molecule has 0 aliphatic heterocycles. The van der Waals surface area contributed by atoms with Crippen molar-refractivity contribution < 1.29 is 23.4 Å². The van der Waals surface area contributed by atoms with Gasteiger partial charge in [0.2, 0.25) is 0 Å². The summed E-state index contributed by atoms with van der Waals surface area (Å²) in [5.74, 6) is -0.426. The van der Waals surface area contributed by atoms with Crippen molar-refractivity contribution in [1.29, 1.82) is 0 Å². The predicted molar refractivity (Wildman–Crippen MR) is 66.4 cm³/mol. The minimum absolute atomic E-state index is 0.142. The van der Waals surface area contributed by atoms with Crippen molar-refractivity contribution in [2.75, 3.05) is 18.9 Å². The van der Waals surface area contributed by atoms with Crippen LogP contribution in [0.5, 0.6) is 5.75 Å². The highest BCUT2D eigenvalue weighted by Gasteiger charge is 2.20. The third-order valence-corrected chi connectivity index (χ3v) is 2.34. The summed E-state index contributed by atoms with van der Waals surface area (Å²) in [4.78, 5) is 11.8. The summed E-state index contributed by atoms with van der Waals surface area (Å²) in [6, 6.07) is 4.58. The number of benzene rings is 1. The van der Waals surface area contributed by atoms with Gasteiger partial charge in [0, 0.05) is 6.54 Å². The molecule has 1 atom stereocenters. The van der Waals surface area contributed by atoms with Gasteiger partial charge in [-0.2, -0.15) is 0 Å². The fraction of sp³-hybridized carbons (Fsp3) is 0.417. The Morgan fingerprint density at radius 2 is 2.21 bits per heavy atom. The lowest BCUT2D eigenvalue weighted by molar-refractivity contribution is -0.00271. The van der Waals surface area contributed by atoms with Crippen LogP contribution in [0, 0.1) is 0 Å². The summed E-state index contributed by atoms with van der Waals surface area (Å²) in [7, 11) is 0. The van der Waals surface area contributed by atoms with E-state index in [1.807, 2.05) is 0 Å². The molecular weight excluding hydrogens is 258 g/mol. The number of ether oxygens (including phenoxy) is 1. The maximum Gasteiger partial charge on any atom is 0.265 e. The Bertz CT molecular complexity index is 441. The summed E-state index contributed by atoms with van der Waals surface area (Å²) < 4.78 is 29.4. The standard InChI is InChI=1S/C12H16F2N2O3/c1-2-19-10-7(4-3-5-8(10)15)12(18)16-6-9(17)11(13)14/h3-5,9,11,17H,2,6,15H2,1H3,(H,16,18). The molecule has 0 aliphatic carbocycles. The zero-order valence-corrected chi connectivity index (χ0v) is 10.4. The fourth-order valence-corrected chi connectivity index (χ4v) is 1.42. The third kappa shape index (κ3) is 4.06. The molecule has 0 saturated heterocycles. The van der Waals surface area contributed by atoms with E-state index in [0.717, 1.165) is 0 Å². The topological polar surface area (TPSA) is 84.6 Å². The number of hydrogen-bond donors (Lipinski definition) is 3. The first-order chi connectivity index (χ1) is 8.97. The average Bonchev–Trinajstić information content (AvgIpc) is 2.37. The Kier molecular flexibility index (Phi) is 5.50. The molecule has 0 spiro atoms. The van der Waals surface area contributed by atoms with Crippen LogP contribution in [0.3, 0.4) is 0 Å². The Hall–Kier alpha value is -1.89. The lowest BCUT2D eigenvalue weighted by Gasteiger charge is -2.14. The molecule has 5 nitrogen and oxygen atoms in total. The van der Waals surface area contributed by atoms with Gasteiger partial charge in [0.25, 0.3) is 12.3 Å². The first kappa shape index (κ1) is 15.2. The maximum atomic E-state index is 12.1. The first-order valence-electron chi connectivity index (χ1n) is 5.73. The highest BCUT2D eigenvalue weighted by Crippen LogP contribution is 2.26. The normalized spacial score (nSPS) is 12.3. The van der Waals surface area contributed by atoms with Gasteiger partial charge in [0.05, 0.1) is 17.9 Å². The molecule has 0 radical (unpaired) electrons. The van der Waals surface area contributed by atoms with Crippen LogP contribution in [0.4, 0.5) is 14.5 Å². The van der Waals surface area contributed by atoms with E-state index >= 15 is 0 Å². The second kappa shape index (κ2) is 6.89. The molecule has 0 heterocycles. The smallest absolute Gasteiger partial charge is 0.265 e. The highest BCUT2D eigenvalue weighted by molar-refractivity contribution is 5.98. The van der Waals surface area contributed by atoms with Crippen molar-refractivity contribution in [1.82, 2.24) is 5.32 Å². The van der Waals surface area contributed by atoms with E-state index in [9.17, 15) is 13.6 Å². The number of nitrogens with one attached hydrogen (secondary N) is 1. The number of halogens is 2. The number of hydrogen-bond acceptors (Lipinski definition) is 4. The van der Waals surface area contributed by atoms with Crippen molar-refractivity contribution in [3.63, 3.8) is 0 Å². The van der Waals surface area contributed by atoms with Crippen molar-refractivity contribution in [2.45, 2.75) is 19.5 Å². The van der Waals surface area contributed by atoms with Crippen LogP contribution in [-0.4, -0.2) is 36.7 Å². The number of carbonyl (C=O) groups is 1. The summed E-state index contributed by atoms with van der Waals surface area (Å²) in [5, 5.41) is 11.1. The minimum Gasteiger partial charge on any atom is -0.491 e. The predicted octanol–water partition coefficient (Wildman–Crippen LogP) is 1.02. The zero-order valence-electron chi connectivity index (χ0n) is 10.4. The number of nitrogens with two attached hydrogens (primary N) is 1. The molecule has 0 bridgehead atoms. The average molecular weight is 274 g/mol. The van der Waals surface area contributed by atoms with Gasteiger partial charge in [-0.3, -0.25) is 4.79 Å². The van der Waals surface area contributed by atoms with Gasteiger partial charge in [0.1, 0.15) is 6.10 Å². The molecule has 4 N–H and O–H groups in total. The van der Waals surface area contributed by atoms with Crippen LogP contribution < -0.4 is 15.8 Å². The lowest BCUT2D eigenvalue weighted by atomic mass is 10.1. The number of aliphatic hydroxyl groups excluding tert-OH is 1. The van der Waals surface area contributed by atoms with E-state index in [-0.39, 0.29) is 17.0 Å². The molecule has 0 aromatic heterocycles. The van der Waals surface area contributed by atoms with Gasteiger partial charge in [-0.15, -0.1) is 0 Å². The second-order valence-corrected chi connectivity index (χ2v) is 3.77. The van der Waals surface area contributed by atoms with E-state index in [2.05, 4.69) is 5.32 Å². The number of anilines is 1. The van der Waals surface area contributed by atoms with Crippen LogP contribution in [0.15, 0.2) is 18.2 Å². The Balaban J connectivity index is 2.79. The number of para-hydroxylation sites is 1. The Morgan fingerprint density at radius 3 is 2.79 bits per heavy atom. The number of rotatable bonds is 6. The molecule has 1 amide bonds.